The number of benzene rings is 6. The van der Waals surface area contributed by atoms with E-state index in [1.807, 2.05) is 73.1 Å². The maximum absolute atomic E-state index is 14.1. The summed E-state index contributed by atoms with van der Waals surface area (Å²) in [5.74, 6) is -0.265. The number of nitrogens with zero attached hydrogens (tertiary/aromatic N) is 4. The highest BCUT2D eigenvalue weighted by Crippen LogP contribution is 2.40. The van der Waals surface area contributed by atoms with Crippen LogP contribution in [0.3, 0.4) is 0 Å². The van der Waals surface area contributed by atoms with Gasteiger partial charge in [0.25, 0.3) is 0 Å². The first-order valence-electron chi connectivity index (χ1n) is 18.6. The molecule has 4 nitrogen and oxygen atoms in total. The van der Waals surface area contributed by atoms with Crippen LogP contribution in [0, 0.1) is 5.82 Å². The van der Waals surface area contributed by atoms with Crippen molar-refractivity contribution in [1.82, 2.24) is 19.5 Å². The highest BCUT2D eigenvalue weighted by atomic mass is 19.1. The van der Waals surface area contributed by atoms with Crippen molar-refractivity contribution in [3.8, 4) is 73.0 Å². The van der Waals surface area contributed by atoms with Gasteiger partial charge in [0.15, 0.2) is 0 Å². The number of aromatic nitrogens is 4. The minimum atomic E-state index is -0.265. The van der Waals surface area contributed by atoms with E-state index >= 15 is 0 Å². The summed E-state index contributed by atoms with van der Waals surface area (Å²) >= 11 is 0. The maximum atomic E-state index is 14.1. The van der Waals surface area contributed by atoms with Gasteiger partial charge in [0.05, 0.1) is 33.8 Å². The lowest BCUT2D eigenvalue weighted by Gasteiger charge is -2.12. The van der Waals surface area contributed by atoms with Crippen LogP contribution in [0.4, 0.5) is 4.39 Å². The number of hydrogen-bond donors (Lipinski definition) is 0. The Bertz CT molecular complexity index is 2990. The van der Waals surface area contributed by atoms with E-state index < -0.39 is 0 Å². The van der Waals surface area contributed by atoms with Crippen molar-refractivity contribution in [2.24, 2.45) is 0 Å². The second kappa shape index (κ2) is 14.0. The first kappa shape index (κ1) is 33.1. The topological polar surface area (TPSA) is 43.6 Å². The number of rotatable bonds is 7. The monoisotopic (exact) mass is 720 g/mol. The molecule has 0 fully saturated rings. The van der Waals surface area contributed by atoms with E-state index in [1.165, 1.54) is 12.1 Å². The van der Waals surface area contributed by atoms with Crippen molar-refractivity contribution in [2.45, 2.75) is 0 Å². The summed E-state index contributed by atoms with van der Waals surface area (Å²) in [5, 5.41) is 2.13. The van der Waals surface area contributed by atoms with E-state index in [0.717, 1.165) is 94.8 Å². The van der Waals surface area contributed by atoms with Crippen LogP contribution in [-0.2, 0) is 0 Å². The van der Waals surface area contributed by atoms with E-state index in [4.69, 9.17) is 9.97 Å². The third kappa shape index (κ3) is 6.11. The molecule has 6 aromatic carbocycles. The molecular formula is C51H33FN4. The third-order valence-corrected chi connectivity index (χ3v) is 10.4. The second-order valence-corrected chi connectivity index (χ2v) is 13.8. The molecular weight excluding hydrogens is 688 g/mol. The summed E-state index contributed by atoms with van der Waals surface area (Å²) in [6, 6.07) is 63.4. The summed E-state index contributed by atoms with van der Waals surface area (Å²) in [6.07, 6.45) is 3.68. The Hall–Kier alpha value is -7.50. The van der Waals surface area contributed by atoms with Crippen LogP contribution < -0.4 is 0 Å². The van der Waals surface area contributed by atoms with Gasteiger partial charge < -0.3 is 4.57 Å². The van der Waals surface area contributed by atoms with E-state index in [2.05, 4.69) is 125 Å². The third-order valence-electron chi connectivity index (χ3n) is 10.4. The molecule has 0 saturated heterocycles. The highest BCUT2D eigenvalue weighted by Gasteiger charge is 2.18. The van der Waals surface area contributed by atoms with E-state index in [9.17, 15) is 4.39 Å². The quantitative estimate of drug-likeness (QED) is 0.165. The van der Waals surface area contributed by atoms with Crippen LogP contribution in [0.25, 0.3) is 94.8 Å². The summed E-state index contributed by atoms with van der Waals surface area (Å²) < 4.78 is 16.3. The lowest BCUT2D eigenvalue weighted by molar-refractivity contribution is 0.627. The van der Waals surface area contributed by atoms with Gasteiger partial charge in [0.1, 0.15) is 5.82 Å². The van der Waals surface area contributed by atoms with Crippen LogP contribution >= 0.6 is 0 Å². The fourth-order valence-corrected chi connectivity index (χ4v) is 7.66. The molecule has 10 aromatic rings. The zero-order valence-electron chi connectivity index (χ0n) is 30.2. The molecule has 0 bridgehead atoms. The first-order valence-corrected chi connectivity index (χ1v) is 18.6. The van der Waals surface area contributed by atoms with Crippen LogP contribution in [0.2, 0.25) is 0 Å². The van der Waals surface area contributed by atoms with Gasteiger partial charge in [0.2, 0.25) is 0 Å². The largest absolute Gasteiger partial charge is 0.309 e. The minimum Gasteiger partial charge on any atom is -0.309 e. The molecule has 0 unspecified atom stereocenters. The van der Waals surface area contributed by atoms with Crippen LogP contribution in [0.5, 0.6) is 0 Å². The Labute approximate surface area is 323 Å². The normalized spacial score (nSPS) is 11.3. The predicted molar refractivity (Wildman–Crippen MR) is 227 cm³/mol. The minimum absolute atomic E-state index is 0.265. The van der Waals surface area contributed by atoms with Gasteiger partial charge in [-0.2, -0.15) is 0 Å². The van der Waals surface area contributed by atoms with Crippen molar-refractivity contribution in [1.29, 1.82) is 0 Å². The van der Waals surface area contributed by atoms with Gasteiger partial charge in [-0.1, -0.05) is 115 Å². The molecule has 5 heteroatoms. The van der Waals surface area contributed by atoms with Gasteiger partial charge in [-0.05, 0) is 95.1 Å². The zero-order valence-corrected chi connectivity index (χ0v) is 30.2. The number of pyridine rings is 3. The molecule has 0 aliphatic heterocycles. The lowest BCUT2D eigenvalue weighted by Crippen LogP contribution is -1.94. The molecule has 10 rings (SSSR count). The highest BCUT2D eigenvalue weighted by molar-refractivity contribution is 6.15. The predicted octanol–water partition coefficient (Wildman–Crippen LogP) is 13.1. The molecule has 0 aliphatic rings. The van der Waals surface area contributed by atoms with Crippen molar-refractivity contribution >= 4 is 21.8 Å². The lowest BCUT2D eigenvalue weighted by atomic mass is 9.97. The summed E-state index contributed by atoms with van der Waals surface area (Å²) in [6.45, 7) is 0. The van der Waals surface area contributed by atoms with Gasteiger partial charge in [0, 0.05) is 51.1 Å². The average molecular weight is 721 g/mol. The molecule has 0 radical (unpaired) electrons. The van der Waals surface area contributed by atoms with Crippen LogP contribution in [0.1, 0.15) is 0 Å². The molecule has 4 heterocycles. The molecule has 0 N–H and O–H groups in total. The molecule has 0 saturated carbocycles. The smallest absolute Gasteiger partial charge is 0.123 e. The first-order chi connectivity index (χ1) is 27.7. The average Bonchev–Trinajstić information content (AvgIpc) is 3.61. The Morgan fingerprint density at radius 2 is 1.00 bits per heavy atom. The molecule has 0 aliphatic carbocycles. The molecule has 264 valence electrons. The van der Waals surface area contributed by atoms with Crippen molar-refractivity contribution in [3.05, 3.63) is 206 Å². The van der Waals surface area contributed by atoms with Crippen LogP contribution in [0.15, 0.2) is 200 Å². The fourth-order valence-electron chi connectivity index (χ4n) is 7.66. The Balaban J connectivity index is 1.08. The van der Waals surface area contributed by atoms with Gasteiger partial charge >= 0.3 is 0 Å². The van der Waals surface area contributed by atoms with Crippen molar-refractivity contribution in [2.75, 3.05) is 0 Å². The number of fused-ring (bicyclic) bond motifs is 3. The molecule has 0 atom stereocenters. The summed E-state index contributed by atoms with van der Waals surface area (Å²) in [7, 11) is 0. The van der Waals surface area contributed by atoms with E-state index in [1.54, 1.807) is 0 Å². The van der Waals surface area contributed by atoms with Crippen molar-refractivity contribution < 1.29 is 4.39 Å². The number of hydrogen-bond acceptors (Lipinski definition) is 3. The van der Waals surface area contributed by atoms with Gasteiger partial charge in [-0.3, -0.25) is 9.97 Å². The fraction of sp³-hybridized carbons (Fsp3) is 0. The maximum Gasteiger partial charge on any atom is 0.123 e. The molecule has 0 spiro atoms. The Kier molecular flexibility index (Phi) is 8.30. The second-order valence-electron chi connectivity index (χ2n) is 13.8. The standard InChI is InChI=1S/C51H33FN4/c52-42-22-24-43(25-23-42)56-48-26-21-39(31-44(48)50-49(56)27-29-54-51(50)37-12-5-2-6-13-37)35-17-19-36(20-18-35)46-32-41(45-16-7-8-28-53-45)33-47(55-46)40-15-9-14-38(30-40)34-10-3-1-4-11-34/h1-33H. The Morgan fingerprint density at radius 3 is 1.75 bits per heavy atom. The van der Waals surface area contributed by atoms with E-state index in [0.29, 0.717) is 0 Å². The van der Waals surface area contributed by atoms with Crippen LogP contribution in [-0.4, -0.2) is 19.5 Å². The molecule has 0 amide bonds. The van der Waals surface area contributed by atoms with Gasteiger partial charge in [-0.15, -0.1) is 0 Å². The Morgan fingerprint density at radius 1 is 0.375 bits per heavy atom. The van der Waals surface area contributed by atoms with E-state index in [-0.39, 0.29) is 5.82 Å². The van der Waals surface area contributed by atoms with Crippen molar-refractivity contribution in [3.63, 3.8) is 0 Å². The van der Waals surface area contributed by atoms with Gasteiger partial charge in [-0.25, -0.2) is 9.37 Å². The SMILES string of the molecule is Fc1ccc(-n2c3ccc(-c4ccc(-c5cc(-c6ccccn6)cc(-c6cccc(-c7ccccc7)c6)n5)cc4)cc3c3c(-c4ccccc4)nccc32)cc1. The summed E-state index contributed by atoms with van der Waals surface area (Å²) in [5.41, 5.74) is 15.1. The summed E-state index contributed by atoms with van der Waals surface area (Å²) in [4.78, 5) is 14.8. The number of halogens is 1. The molecule has 56 heavy (non-hydrogen) atoms. The zero-order chi connectivity index (χ0) is 37.4. The molecule has 4 aromatic heterocycles.